The van der Waals surface area contributed by atoms with Crippen LogP contribution in [-0.2, 0) is 4.79 Å². The van der Waals surface area contributed by atoms with E-state index in [9.17, 15) is 14.9 Å². The molecule has 0 radical (unpaired) electrons. The third-order valence-corrected chi connectivity index (χ3v) is 3.48. The summed E-state index contributed by atoms with van der Waals surface area (Å²) in [5, 5.41) is 16.6. The predicted octanol–water partition coefficient (Wildman–Crippen LogP) is 2.46. The number of carbonyl (C=O) groups excluding carboxylic acids is 1. The molecule has 1 fully saturated rings. The van der Waals surface area contributed by atoms with Gasteiger partial charge >= 0.3 is 0 Å². The van der Waals surface area contributed by atoms with Crippen molar-refractivity contribution in [1.29, 1.82) is 0 Å². The van der Waals surface area contributed by atoms with Crippen LogP contribution in [0.25, 0.3) is 0 Å². The van der Waals surface area contributed by atoms with Crippen LogP contribution >= 0.6 is 0 Å². The molecule has 1 aliphatic carbocycles. The Kier molecular flexibility index (Phi) is 4.92. The van der Waals surface area contributed by atoms with Gasteiger partial charge in [-0.25, -0.2) is 0 Å². The van der Waals surface area contributed by atoms with Crippen molar-refractivity contribution < 1.29 is 9.72 Å². The second-order valence-corrected chi connectivity index (χ2v) is 5.06. The van der Waals surface area contributed by atoms with Crippen molar-refractivity contribution in [3.05, 3.63) is 34.4 Å². The predicted molar refractivity (Wildman–Crippen MR) is 76.6 cm³/mol. The lowest BCUT2D eigenvalue weighted by molar-refractivity contribution is -0.384. The summed E-state index contributed by atoms with van der Waals surface area (Å²) in [6.45, 7) is 0.137. The highest BCUT2D eigenvalue weighted by molar-refractivity contribution is 5.81. The third-order valence-electron chi connectivity index (χ3n) is 3.48. The Labute approximate surface area is 117 Å². The number of nitrogens with one attached hydrogen (secondary N) is 2. The van der Waals surface area contributed by atoms with Gasteiger partial charge in [-0.1, -0.05) is 25.3 Å². The number of rotatable bonds is 5. The zero-order valence-corrected chi connectivity index (χ0v) is 11.3. The van der Waals surface area contributed by atoms with Gasteiger partial charge in [-0.05, 0) is 18.9 Å². The summed E-state index contributed by atoms with van der Waals surface area (Å²) < 4.78 is 0. The first-order valence-corrected chi connectivity index (χ1v) is 6.93. The topological polar surface area (TPSA) is 84.3 Å². The maximum absolute atomic E-state index is 11.8. The number of nitro benzene ring substituents is 1. The number of hydrogen-bond acceptors (Lipinski definition) is 4. The van der Waals surface area contributed by atoms with Crippen molar-refractivity contribution >= 4 is 17.3 Å². The van der Waals surface area contributed by atoms with Crippen LogP contribution in [0.1, 0.15) is 32.1 Å². The lowest BCUT2D eigenvalue weighted by atomic mass is 9.95. The molecule has 108 valence electrons. The second kappa shape index (κ2) is 6.88. The molecule has 0 aliphatic heterocycles. The highest BCUT2D eigenvalue weighted by atomic mass is 16.6. The standard InChI is InChI=1S/C14H19N3O3/c18-14(16-11-5-2-1-3-6-11)10-15-12-7-4-8-13(9-12)17(19)20/h4,7-9,11,15H,1-3,5-6,10H2,(H,16,18). The van der Waals surface area contributed by atoms with E-state index in [1.54, 1.807) is 12.1 Å². The fourth-order valence-corrected chi connectivity index (χ4v) is 2.44. The minimum atomic E-state index is -0.451. The molecule has 2 N–H and O–H groups in total. The quantitative estimate of drug-likeness (QED) is 0.639. The van der Waals surface area contributed by atoms with Crippen LogP contribution in [0.2, 0.25) is 0 Å². The molecule has 1 aromatic rings. The summed E-state index contributed by atoms with van der Waals surface area (Å²) in [4.78, 5) is 22.0. The van der Waals surface area contributed by atoms with Crippen molar-refractivity contribution in [2.75, 3.05) is 11.9 Å². The summed E-state index contributed by atoms with van der Waals surface area (Å²) in [6.07, 6.45) is 5.68. The van der Waals surface area contributed by atoms with Gasteiger partial charge in [0, 0.05) is 23.9 Å². The van der Waals surface area contributed by atoms with Crippen LogP contribution in [0.15, 0.2) is 24.3 Å². The molecule has 0 unspecified atom stereocenters. The molecule has 1 amide bonds. The molecule has 20 heavy (non-hydrogen) atoms. The fraction of sp³-hybridized carbons (Fsp3) is 0.500. The molecule has 0 bridgehead atoms. The number of nitro groups is 1. The van der Waals surface area contributed by atoms with Gasteiger partial charge in [0.05, 0.1) is 11.5 Å². The lowest BCUT2D eigenvalue weighted by Gasteiger charge is -2.22. The molecule has 1 aliphatic rings. The number of non-ortho nitro benzene ring substituents is 1. The molecule has 6 nitrogen and oxygen atoms in total. The molecule has 0 heterocycles. The number of amides is 1. The first kappa shape index (κ1) is 14.3. The van der Waals surface area contributed by atoms with Gasteiger partial charge < -0.3 is 10.6 Å². The van der Waals surface area contributed by atoms with Crippen LogP contribution in [0, 0.1) is 10.1 Å². The van der Waals surface area contributed by atoms with E-state index in [1.165, 1.54) is 31.4 Å². The molecule has 1 aromatic carbocycles. The molecular weight excluding hydrogens is 258 g/mol. The van der Waals surface area contributed by atoms with Crippen LogP contribution in [-0.4, -0.2) is 23.4 Å². The Morgan fingerprint density at radius 2 is 2.05 bits per heavy atom. The van der Waals surface area contributed by atoms with Gasteiger partial charge in [-0.2, -0.15) is 0 Å². The van der Waals surface area contributed by atoms with Crippen molar-refractivity contribution in [2.45, 2.75) is 38.1 Å². The van der Waals surface area contributed by atoms with E-state index < -0.39 is 4.92 Å². The van der Waals surface area contributed by atoms with Gasteiger partial charge in [0.1, 0.15) is 0 Å². The molecule has 0 atom stereocenters. The highest BCUT2D eigenvalue weighted by Crippen LogP contribution is 2.18. The zero-order chi connectivity index (χ0) is 14.4. The maximum Gasteiger partial charge on any atom is 0.271 e. The van der Waals surface area contributed by atoms with E-state index in [1.807, 2.05) is 0 Å². The summed E-state index contributed by atoms with van der Waals surface area (Å²) in [6, 6.07) is 6.44. The summed E-state index contributed by atoms with van der Waals surface area (Å²) in [5.41, 5.74) is 0.598. The average molecular weight is 277 g/mol. The average Bonchev–Trinajstić information content (AvgIpc) is 2.46. The Morgan fingerprint density at radius 1 is 1.30 bits per heavy atom. The van der Waals surface area contributed by atoms with E-state index in [-0.39, 0.29) is 24.2 Å². The summed E-state index contributed by atoms with van der Waals surface area (Å²) >= 11 is 0. The van der Waals surface area contributed by atoms with Gasteiger partial charge in [0.15, 0.2) is 0 Å². The second-order valence-electron chi connectivity index (χ2n) is 5.06. The van der Waals surface area contributed by atoms with E-state index in [2.05, 4.69) is 10.6 Å². The lowest BCUT2D eigenvalue weighted by Crippen LogP contribution is -2.39. The van der Waals surface area contributed by atoms with Crippen molar-refractivity contribution in [1.82, 2.24) is 5.32 Å². The zero-order valence-electron chi connectivity index (χ0n) is 11.3. The van der Waals surface area contributed by atoms with Gasteiger partial charge in [0.25, 0.3) is 5.69 Å². The number of hydrogen-bond donors (Lipinski definition) is 2. The van der Waals surface area contributed by atoms with Crippen LogP contribution in [0.5, 0.6) is 0 Å². The summed E-state index contributed by atoms with van der Waals surface area (Å²) in [7, 11) is 0. The van der Waals surface area contributed by atoms with Gasteiger partial charge in [0.2, 0.25) is 5.91 Å². The number of anilines is 1. The van der Waals surface area contributed by atoms with Crippen LogP contribution in [0.3, 0.4) is 0 Å². The first-order chi connectivity index (χ1) is 9.65. The number of benzene rings is 1. The Morgan fingerprint density at radius 3 is 2.75 bits per heavy atom. The Balaban J connectivity index is 1.80. The minimum Gasteiger partial charge on any atom is -0.376 e. The molecule has 0 spiro atoms. The molecular formula is C14H19N3O3. The Bertz CT molecular complexity index is 484. The monoisotopic (exact) mass is 277 g/mol. The fourth-order valence-electron chi connectivity index (χ4n) is 2.44. The highest BCUT2D eigenvalue weighted by Gasteiger charge is 2.15. The normalized spacial score (nSPS) is 15.6. The van der Waals surface area contributed by atoms with E-state index in [4.69, 9.17) is 0 Å². The molecule has 6 heteroatoms. The number of carbonyl (C=O) groups is 1. The number of nitrogens with zero attached hydrogens (tertiary/aromatic N) is 1. The van der Waals surface area contributed by atoms with E-state index >= 15 is 0 Å². The molecule has 0 saturated heterocycles. The van der Waals surface area contributed by atoms with Crippen molar-refractivity contribution in [3.63, 3.8) is 0 Å². The first-order valence-electron chi connectivity index (χ1n) is 6.93. The van der Waals surface area contributed by atoms with Gasteiger partial charge in [-0.3, -0.25) is 14.9 Å². The van der Waals surface area contributed by atoms with Gasteiger partial charge in [-0.15, -0.1) is 0 Å². The SMILES string of the molecule is O=C(CNc1cccc([N+](=O)[O-])c1)NC1CCCCC1. The smallest absolute Gasteiger partial charge is 0.271 e. The minimum absolute atomic E-state index is 0.0164. The largest absolute Gasteiger partial charge is 0.376 e. The van der Waals surface area contributed by atoms with E-state index in [0.717, 1.165) is 12.8 Å². The molecule has 2 rings (SSSR count). The van der Waals surface area contributed by atoms with Crippen LogP contribution < -0.4 is 10.6 Å². The van der Waals surface area contributed by atoms with Crippen LogP contribution in [0.4, 0.5) is 11.4 Å². The van der Waals surface area contributed by atoms with E-state index in [0.29, 0.717) is 5.69 Å². The summed E-state index contributed by atoms with van der Waals surface area (Å²) in [5.74, 6) is -0.0663. The maximum atomic E-state index is 11.8. The Hall–Kier alpha value is -2.11. The third kappa shape index (κ3) is 4.22. The van der Waals surface area contributed by atoms with Crippen molar-refractivity contribution in [3.8, 4) is 0 Å². The van der Waals surface area contributed by atoms with Crippen molar-refractivity contribution in [2.24, 2.45) is 0 Å². The molecule has 1 saturated carbocycles. The molecule has 0 aromatic heterocycles.